The number of alkyl halides is 1. The van der Waals surface area contributed by atoms with Gasteiger partial charge in [0.15, 0.2) is 6.17 Å². The van der Waals surface area contributed by atoms with Gasteiger partial charge in [0.25, 0.3) is 0 Å². The van der Waals surface area contributed by atoms with Gasteiger partial charge < -0.3 is 4.74 Å². The Labute approximate surface area is 121 Å². The van der Waals surface area contributed by atoms with Gasteiger partial charge in [-0.1, -0.05) is 26.0 Å². The molecule has 0 heterocycles. The standard InChI is InChI=1S/C15H25FO2S/c1-11(2)15(4)7-5-14(3,6-8-15)10-18-9-12(16)13(17)19/h12H,1,5-10H2,2-4H3,(H,17,19)/t12-,14?,15?/m1/s1. The van der Waals surface area contributed by atoms with E-state index >= 15 is 0 Å². The van der Waals surface area contributed by atoms with Crippen LogP contribution < -0.4 is 0 Å². The molecule has 0 aromatic carbocycles. The second-order valence-electron chi connectivity index (χ2n) is 6.47. The van der Waals surface area contributed by atoms with Crippen molar-refractivity contribution in [1.82, 2.24) is 0 Å². The third-order valence-electron chi connectivity index (χ3n) is 4.57. The Kier molecular flexibility index (Phi) is 5.63. The number of halogens is 1. The van der Waals surface area contributed by atoms with Crippen LogP contribution >= 0.6 is 12.6 Å². The van der Waals surface area contributed by atoms with E-state index in [1.165, 1.54) is 5.57 Å². The number of carbonyl (C=O) groups excluding carboxylic acids is 1. The normalized spacial score (nSPS) is 32.9. The van der Waals surface area contributed by atoms with Crippen molar-refractivity contribution in [2.75, 3.05) is 13.2 Å². The molecule has 1 rings (SSSR count). The van der Waals surface area contributed by atoms with Gasteiger partial charge in [-0.15, -0.1) is 12.6 Å². The minimum absolute atomic E-state index is 0.0777. The van der Waals surface area contributed by atoms with Gasteiger partial charge in [-0.3, -0.25) is 4.79 Å². The first-order valence-corrected chi connectivity index (χ1v) is 7.24. The quantitative estimate of drug-likeness (QED) is 0.591. The molecule has 0 aliphatic heterocycles. The molecule has 0 aromatic heterocycles. The molecule has 19 heavy (non-hydrogen) atoms. The number of thiol groups is 1. The zero-order chi connectivity index (χ0) is 14.7. The Hall–Kier alpha value is -0.350. The van der Waals surface area contributed by atoms with E-state index in [2.05, 4.69) is 40.0 Å². The van der Waals surface area contributed by atoms with Crippen LogP contribution in [0.1, 0.15) is 46.5 Å². The number of ether oxygens (including phenoxy) is 1. The number of rotatable bonds is 6. The molecule has 1 fully saturated rings. The molecule has 0 amide bonds. The van der Waals surface area contributed by atoms with Crippen molar-refractivity contribution in [3.8, 4) is 0 Å². The van der Waals surface area contributed by atoms with Crippen LogP contribution in [0.2, 0.25) is 0 Å². The van der Waals surface area contributed by atoms with E-state index in [4.69, 9.17) is 4.74 Å². The van der Waals surface area contributed by atoms with E-state index in [0.29, 0.717) is 6.61 Å². The fraction of sp³-hybridized carbons (Fsp3) is 0.800. The van der Waals surface area contributed by atoms with E-state index in [-0.39, 0.29) is 17.4 Å². The number of hydrogen-bond acceptors (Lipinski definition) is 2. The van der Waals surface area contributed by atoms with E-state index in [9.17, 15) is 9.18 Å². The van der Waals surface area contributed by atoms with E-state index in [0.717, 1.165) is 25.7 Å². The molecule has 2 nitrogen and oxygen atoms in total. The Morgan fingerprint density at radius 3 is 2.32 bits per heavy atom. The average Bonchev–Trinajstić information content (AvgIpc) is 2.33. The second kappa shape index (κ2) is 6.40. The van der Waals surface area contributed by atoms with Gasteiger partial charge in [-0.25, -0.2) is 4.39 Å². The molecule has 1 atom stereocenters. The highest BCUT2D eigenvalue weighted by atomic mass is 32.1. The second-order valence-corrected chi connectivity index (χ2v) is 6.91. The van der Waals surface area contributed by atoms with Crippen molar-refractivity contribution in [3.63, 3.8) is 0 Å². The van der Waals surface area contributed by atoms with Crippen molar-refractivity contribution in [1.29, 1.82) is 0 Å². The van der Waals surface area contributed by atoms with Crippen molar-refractivity contribution < 1.29 is 13.9 Å². The summed E-state index contributed by atoms with van der Waals surface area (Å²) in [5.41, 5.74) is 1.54. The average molecular weight is 288 g/mol. The Balaban J connectivity index is 2.40. The van der Waals surface area contributed by atoms with E-state index in [1.807, 2.05) is 0 Å². The Morgan fingerprint density at radius 1 is 1.37 bits per heavy atom. The molecule has 0 aromatic rings. The molecule has 0 bridgehead atoms. The minimum Gasteiger partial charge on any atom is -0.377 e. The maximum atomic E-state index is 13.1. The monoisotopic (exact) mass is 288 g/mol. The van der Waals surface area contributed by atoms with Crippen LogP contribution in [0.3, 0.4) is 0 Å². The maximum absolute atomic E-state index is 13.1. The Bertz CT molecular complexity index is 346. The molecule has 0 radical (unpaired) electrons. The van der Waals surface area contributed by atoms with Gasteiger partial charge in [0.2, 0.25) is 5.12 Å². The van der Waals surface area contributed by atoms with Crippen LogP contribution in [-0.2, 0) is 9.53 Å². The number of carbonyl (C=O) groups is 1. The molecular formula is C15H25FO2S. The summed E-state index contributed by atoms with van der Waals surface area (Å²) in [4.78, 5) is 10.7. The van der Waals surface area contributed by atoms with Crippen LogP contribution in [-0.4, -0.2) is 24.5 Å². The molecule has 0 saturated heterocycles. The highest BCUT2D eigenvalue weighted by molar-refractivity contribution is 7.96. The molecule has 110 valence electrons. The zero-order valence-corrected chi connectivity index (χ0v) is 13.1. The van der Waals surface area contributed by atoms with Crippen LogP contribution in [0, 0.1) is 10.8 Å². The lowest BCUT2D eigenvalue weighted by atomic mass is 9.63. The summed E-state index contributed by atoms with van der Waals surface area (Å²) in [5.74, 6) is 0. The topological polar surface area (TPSA) is 26.3 Å². The van der Waals surface area contributed by atoms with Gasteiger partial charge in [-0.2, -0.15) is 0 Å². The SMILES string of the molecule is C=C(C)C1(C)CCC(C)(COC[C@@H](F)C(=O)S)CC1. The summed E-state index contributed by atoms with van der Waals surface area (Å²) in [7, 11) is 0. The van der Waals surface area contributed by atoms with Crippen molar-refractivity contribution in [2.24, 2.45) is 10.8 Å². The summed E-state index contributed by atoms with van der Waals surface area (Å²) in [6.45, 7) is 10.9. The first-order chi connectivity index (χ1) is 8.68. The highest BCUT2D eigenvalue weighted by Gasteiger charge is 2.38. The zero-order valence-electron chi connectivity index (χ0n) is 12.2. The van der Waals surface area contributed by atoms with Gasteiger partial charge in [0, 0.05) is 0 Å². The number of allylic oxidation sites excluding steroid dienone is 1. The largest absolute Gasteiger partial charge is 0.377 e. The molecule has 0 spiro atoms. The first-order valence-electron chi connectivity index (χ1n) is 6.79. The van der Waals surface area contributed by atoms with Crippen molar-refractivity contribution in [2.45, 2.75) is 52.6 Å². The van der Waals surface area contributed by atoms with Gasteiger partial charge >= 0.3 is 0 Å². The molecule has 1 aliphatic carbocycles. The summed E-state index contributed by atoms with van der Waals surface area (Å²) in [5, 5.41) is -0.761. The number of hydrogen-bond donors (Lipinski definition) is 1. The van der Waals surface area contributed by atoms with Crippen molar-refractivity contribution >= 4 is 17.7 Å². The maximum Gasteiger partial charge on any atom is 0.222 e. The summed E-state index contributed by atoms with van der Waals surface area (Å²) in [6, 6.07) is 0. The molecule has 4 heteroatoms. The third kappa shape index (κ3) is 4.60. The Morgan fingerprint density at radius 2 is 1.89 bits per heavy atom. The molecule has 1 saturated carbocycles. The van der Waals surface area contributed by atoms with Crippen molar-refractivity contribution in [3.05, 3.63) is 12.2 Å². The molecule has 0 N–H and O–H groups in total. The predicted molar refractivity (Wildman–Crippen MR) is 79.2 cm³/mol. The molecule has 0 unspecified atom stereocenters. The lowest BCUT2D eigenvalue weighted by Crippen LogP contribution is -2.35. The summed E-state index contributed by atoms with van der Waals surface area (Å²) < 4.78 is 18.4. The first kappa shape index (κ1) is 16.7. The highest BCUT2D eigenvalue weighted by Crippen LogP contribution is 2.48. The minimum atomic E-state index is -1.61. The van der Waals surface area contributed by atoms with Crippen LogP contribution in [0.5, 0.6) is 0 Å². The van der Waals surface area contributed by atoms with Gasteiger partial charge in [-0.05, 0) is 43.4 Å². The summed E-state index contributed by atoms with van der Waals surface area (Å²) >= 11 is 3.46. The predicted octanol–water partition coefficient (Wildman–Crippen LogP) is 3.96. The molecule has 1 aliphatic rings. The lowest BCUT2D eigenvalue weighted by Gasteiger charge is -2.43. The smallest absolute Gasteiger partial charge is 0.222 e. The van der Waals surface area contributed by atoms with Gasteiger partial charge in [0.05, 0.1) is 13.2 Å². The molecular weight excluding hydrogens is 263 g/mol. The van der Waals surface area contributed by atoms with Gasteiger partial charge in [0.1, 0.15) is 0 Å². The van der Waals surface area contributed by atoms with Crippen LogP contribution in [0.25, 0.3) is 0 Å². The lowest BCUT2D eigenvalue weighted by molar-refractivity contribution is -0.118. The summed E-state index contributed by atoms with van der Waals surface area (Å²) in [6.07, 6.45) is 2.65. The van der Waals surface area contributed by atoms with Crippen LogP contribution in [0.15, 0.2) is 12.2 Å². The van der Waals surface area contributed by atoms with E-state index < -0.39 is 11.3 Å². The third-order valence-corrected chi connectivity index (χ3v) is 4.85. The fourth-order valence-corrected chi connectivity index (χ4v) is 2.53. The van der Waals surface area contributed by atoms with E-state index in [1.54, 1.807) is 0 Å². The van der Waals surface area contributed by atoms with Crippen LogP contribution in [0.4, 0.5) is 4.39 Å². The fourth-order valence-electron chi connectivity index (χ4n) is 2.46.